The Balaban J connectivity index is 1.88. The van der Waals surface area contributed by atoms with Crippen molar-refractivity contribution in [3.05, 3.63) is 73.3 Å². The van der Waals surface area contributed by atoms with Crippen LogP contribution in [0.15, 0.2) is 73.3 Å². The number of nitrogens with zero attached hydrogens (tertiary/aromatic N) is 4. The summed E-state index contributed by atoms with van der Waals surface area (Å²) in [5.41, 5.74) is 4.19. The zero-order valence-corrected chi connectivity index (χ0v) is 10.7. The Bertz CT molecular complexity index is 859. The third-order valence-corrected chi connectivity index (χ3v) is 3.33. The molecule has 0 fully saturated rings. The van der Waals surface area contributed by atoms with Crippen molar-refractivity contribution >= 4 is 5.65 Å². The summed E-state index contributed by atoms with van der Waals surface area (Å²) in [4.78, 5) is 4.43. The van der Waals surface area contributed by atoms with Crippen LogP contribution in [0.25, 0.3) is 22.6 Å². The van der Waals surface area contributed by atoms with Gasteiger partial charge in [-0.15, -0.1) is 0 Å². The Labute approximate surface area is 115 Å². The largest absolute Gasteiger partial charge is 0.300 e. The first kappa shape index (κ1) is 11.0. The maximum absolute atomic E-state index is 4.43. The third-order valence-electron chi connectivity index (χ3n) is 3.33. The van der Waals surface area contributed by atoms with Crippen molar-refractivity contribution in [1.82, 2.24) is 19.2 Å². The molecular weight excluding hydrogens is 248 g/mol. The number of aromatic nitrogens is 4. The zero-order chi connectivity index (χ0) is 13.4. The van der Waals surface area contributed by atoms with E-state index in [1.54, 1.807) is 6.20 Å². The maximum atomic E-state index is 4.43. The van der Waals surface area contributed by atoms with E-state index in [1.165, 1.54) is 0 Å². The summed E-state index contributed by atoms with van der Waals surface area (Å²) in [5, 5.41) is 4.27. The Morgan fingerprint density at radius 1 is 0.900 bits per heavy atom. The van der Waals surface area contributed by atoms with E-state index in [0.717, 1.165) is 22.6 Å². The Kier molecular flexibility index (Phi) is 2.39. The molecule has 0 bridgehead atoms. The van der Waals surface area contributed by atoms with Gasteiger partial charge < -0.3 is 0 Å². The van der Waals surface area contributed by atoms with Gasteiger partial charge in [0.1, 0.15) is 5.65 Å². The molecule has 4 nitrogen and oxygen atoms in total. The lowest BCUT2D eigenvalue weighted by atomic mass is 10.1. The van der Waals surface area contributed by atoms with Crippen molar-refractivity contribution in [2.24, 2.45) is 0 Å². The molecule has 0 aliphatic carbocycles. The van der Waals surface area contributed by atoms with Gasteiger partial charge in [-0.05, 0) is 30.3 Å². The number of pyridine rings is 1. The van der Waals surface area contributed by atoms with Crippen LogP contribution < -0.4 is 0 Å². The van der Waals surface area contributed by atoms with Crippen molar-refractivity contribution in [3.63, 3.8) is 0 Å². The predicted octanol–water partition coefficient (Wildman–Crippen LogP) is 3.19. The molecule has 0 saturated heterocycles. The lowest BCUT2D eigenvalue weighted by molar-refractivity contribution is 0.881. The molecule has 3 aromatic heterocycles. The second-order valence-corrected chi connectivity index (χ2v) is 4.57. The number of hydrogen-bond donors (Lipinski definition) is 0. The van der Waals surface area contributed by atoms with E-state index in [-0.39, 0.29) is 0 Å². The van der Waals surface area contributed by atoms with E-state index in [2.05, 4.69) is 26.6 Å². The van der Waals surface area contributed by atoms with Gasteiger partial charge in [0, 0.05) is 24.2 Å². The number of benzene rings is 1. The third kappa shape index (κ3) is 1.70. The van der Waals surface area contributed by atoms with Gasteiger partial charge >= 0.3 is 0 Å². The molecular formula is C16H12N4. The topological polar surface area (TPSA) is 35.1 Å². The van der Waals surface area contributed by atoms with E-state index in [1.807, 2.05) is 59.7 Å². The minimum Gasteiger partial charge on any atom is -0.300 e. The van der Waals surface area contributed by atoms with Crippen molar-refractivity contribution < 1.29 is 0 Å². The molecule has 0 aliphatic heterocycles. The number of hydrogen-bond acceptors (Lipinski definition) is 2. The number of rotatable bonds is 2. The molecule has 0 saturated carbocycles. The smallest absolute Gasteiger partial charge is 0.137 e. The molecule has 0 unspecified atom stereocenters. The Morgan fingerprint density at radius 2 is 1.90 bits per heavy atom. The molecule has 4 rings (SSSR count). The van der Waals surface area contributed by atoms with Crippen LogP contribution in [-0.4, -0.2) is 19.2 Å². The average Bonchev–Trinajstić information content (AvgIpc) is 3.17. The summed E-state index contributed by atoms with van der Waals surface area (Å²) in [7, 11) is 0. The summed E-state index contributed by atoms with van der Waals surface area (Å²) in [5.74, 6) is 0. The van der Waals surface area contributed by atoms with Crippen molar-refractivity contribution in [1.29, 1.82) is 0 Å². The fraction of sp³-hybridized carbons (Fsp3) is 0. The van der Waals surface area contributed by atoms with Crippen LogP contribution in [0.4, 0.5) is 0 Å². The first-order valence-corrected chi connectivity index (χ1v) is 6.44. The molecule has 0 N–H and O–H groups in total. The highest BCUT2D eigenvalue weighted by Crippen LogP contribution is 2.22. The standard InChI is InChI=1S/C16H12N4/c1-2-9-19-15(12-17-16(19)7-1)13-5-3-6-14(11-13)20-10-4-8-18-20/h1-12H. The molecule has 3 heterocycles. The van der Waals surface area contributed by atoms with Crippen molar-refractivity contribution in [2.45, 2.75) is 0 Å². The van der Waals surface area contributed by atoms with E-state index < -0.39 is 0 Å². The molecule has 0 spiro atoms. The molecule has 96 valence electrons. The minimum absolute atomic E-state index is 0.951. The highest BCUT2D eigenvalue weighted by molar-refractivity contribution is 5.65. The monoisotopic (exact) mass is 260 g/mol. The summed E-state index contributed by atoms with van der Waals surface area (Å²) in [6.45, 7) is 0. The summed E-state index contributed by atoms with van der Waals surface area (Å²) in [6.07, 6.45) is 7.64. The van der Waals surface area contributed by atoms with Gasteiger partial charge in [-0.1, -0.05) is 18.2 Å². The number of imidazole rings is 1. The van der Waals surface area contributed by atoms with Gasteiger partial charge in [0.2, 0.25) is 0 Å². The minimum atomic E-state index is 0.951. The lowest BCUT2D eigenvalue weighted by Gasteiger charge is -2.05. The van der Waals surface area contributed by atoms with Crippen LogP contribution in [-0.2, 0) is 0 Å². The summed E-state index contributed by atoms with van der Waals surface area (Å²) >= 11 is 0. The lowest BCUT2D eigenvalue weighted by Crippen LogP contribution is -1.94. The van der Waals surface area contributed by atoms with Gasteiger partial charge in [-0.3, -0.25) is 4.40 Å². The highest BCUT2D eigenvalue weighted by atomic mass is 15.3. The quantitative estimate of drug-likeness (QED) is 0.555. The molecule has 0 aliphatic rings. The normalized spacial score (nSPS) is 11.0. The molecule has 0 atom stereocenters. The van der Waals surface area contributed by atoms with Crippen LogP contribution in [0.3, 0.4) is 0 Å². The number of fused-ring (bicyclic) bond motifs is 1. The predicted molar refractivity (Wildman–Crippen MR) is 77.8 cm³/mol. The average molecular weight is 260 g/mol. The molecule has 0 radical (unpaired) electrons. The van der Waals surface area contributed by atoms with Crippen LogP contribution in [0.2, 0.25) is 0 Å². The Hall–Kier alpha value is -2.88. The maximum Gasteiger partial charge on any atom is 0.137 e. The van der Waals surface area contributed by atoms with E-state index in [9.17, 15) is 0 Å². The van der Waals surface area contributed by atoms with Gasteiger partial charge in [-0.25, -0.2) is 9.67 Å². The van der Waals surface area contributed by atoms with Crippen LogP contribution in [0.1, 0.15) is 0 Å². The van der Waals surface area contributed by atoms with E-state index in [4.69, 9.17) is 0 Å². The van der Waals surface area contributed by atoms with Gasteiger partial charge in [0.15, 0.2) is 0 Å². The molecule has 0 amide bonds. The van der Waals surface area contributed by atoms with Crippen molar-refractivity contribution in [2.75, 3.05) is 0 Å². The Morgan fingerprint density at radius 3 is 2.80 bits per heavy atom. The second kappa shape index (κ2) is 4.35. The molecule has 20 heavy (non-hydrogen) atoms. The van der Waals surface area contributed by atoms with Crippen LogP contribution in [0, 0.1) is 0 Å². The van der Waals surface area contributed by atoms with E-state index >= 15 is 0 Å². The highest BCUT2D eigenvalue weighted by Gasteiger charge is 2.06. The molecule has 4 heteroatoms. The molecule has 1 aromatic carbocycles. The summed E-state index contributed by atoms with van der Waals surface area (Å²) < 4.78 is 3.94. The van der Waals surface area contributed by atoms with Gasteiger partial charge in [-0.2, -0.15) is 5.10 Å². The fourth-order valence-electron chi connectivity index (χ4n) is 2.38. The molecule has 4 aromatic rings. The SMILES string of the molecule is c1cc(-c2cnc3ccccn23)cc(-n2cccn2)c1. The second-order valence-electron chi connectivity index (χ2n) is 4.57. The summed E-state index contributed by atoms with van der Waals surface area (Å²) in [6, 6.07) is 16.2. The van der Waals surface area contributed by atoms with Gasteiger partial charge in [0.05, 0.1) is 17.6 Å². The first-order valence-electron chi connectivity index (χ1n) is 6.44. The van der Waals surface area contributed by atoms with Gasteiger partial charge in [0.25, 0.3) is 0 Å². The van der Waals surface area contributed by atoms with E-state index in [0.29, 0.717) is 0 Å². The van der Waals surface area contributed by atoms with Crippen molar-refractivity contribution in [3.8, 4) is 16.9 Å². The fourth-order valence-corrected chi connectivity index (χ4v) is 2.38. The first-order chi connectivity index (χ1) is 9.92. The van der Waals surface area contributed by atoms with Crippen LogP contribution in [0.5, 0.6) is 0 Å². The van der Waals surface area contributed by atoms with Crippen LogP contribution >= 0.6 is 0 Å². The zero-order valence-electron chi connectivity index (χ0n) is 10.7.